The van der Waals surface area contributed by atoms with E-state index in [0.717, 1.165) is 5.56 Å². The van der Waals surface area contributed by atoms with Gasteiger partial charge in [-0.2, -0.15) is 0 Å². The minimum absolute atomic E-state index is 0.0557. The van der Waals surface area contributed by atoms with E-state index >= 15 is 0 Å². The molecule has 5 rings (SSSR count). The number of carbonyl (C=O) groups is 3. The minimum atomic E-state index is -0.349. The lowest BCUT2D eigenvalue weighted by atomic mass is 9.94. The Morgan fingerprint density at radius 1 is 1.05 bits per heavy atom. The van der Waals surface area contributed by atoms with E-state index in [1.807, 2.05) is 37.3 Å². The molecular formula is C30H37N3O6. The zero-order chi connectivity index (χ0) is 27.4. The van der Waals surface area contributed by atoms with Crippen LogP contribution in [-0.4, -0.2) is 67.7 Å². The Morgan fingerprint density at radius 2 is 1.82 bits per heavy atom. The SMILES string of the molecule is C[C@H](NC(=O)C[C@@H]1CC[C@H]2[C@@H](COc3ccc(NC(=O)C4CCOCC4)cc3C(=O)N2C)O1)c1ccccc1. The van der Waals surface area contributed by atoms with Crippen molar-refractivity contribution in [3.8, 4) is 5.75 Å². The molecule has 9 nitrogen and oxygen atoms in total. The summed E-state index contributed by atoms with van der Waals surface area (Å²) >= 11 is 0. The number of hydrogen-bond acceptors (Lipinski definition) is 6. The third-order valence-corrected chi connectivity index (χ3v) is 7.96. The average Bonchev–Trinajstić information content (AvgIpc) is 2.96. The number of nitrogens with zero attached hydrogens (tertiary/aromatic N) is 1. The third kappa shape index (κ3) is 6.42. The van der Waals surface area contributed by atoms with Gasteiger partial charge in [0.2, 0.25) is 11.8 Å². The summed E-state index contributed by atoms with van der Waals surface area (Å²) in [6.07, 6.45) is 2.42. The Hall–Kier alpha value is -3.43. The predicted octanol–water partition coefficient (Wildman–Crippen LogP) is 3.70. The number of fused-ring (bicyclic) bond motifs is 2. The standard InChI is InChI=1S/C30H37N3O6/c1-19(20-6-4-3-5-7-20)31-28(34)17-23-9-10-25-27(39-23)18-38-26-11-8-22(16-24(26)30(36)33(25)2)32-29(35)21-12-14-37-15-13-21/h3-8,11,16,19,21,23,25,27H,9-10,12-15,17-18H2,1-2H3,(H,31,34)(H,32,35)/t19-,23-,25-,27+/m0/s1. The maximum Gasteiger partial charge on any atom is 0.257 e. The molecule has 0 aliphatic carbocycles. The molecular weight excluding hydrogens is 498 g/mol. The molecule has 9 heteroatoms. The van der Waals surface area contributed by atoms with Crippen LogP contribution >= 0.6 is 0 Å². The van der Waals surface area contributed by atoms with Crippen molar-refractivity contribution >= 4 is 23.4 Å². The van der Waals surface area contributed by atoms with Crippen molar-refractivity contribution in [2.45, 2.75) is 63.3 Å². The molecule has 2 aromatic carbocycles. The van der Waals surface area contributed by atoms with Crippen LogP contribution in [0, 0.1) is 5.92 Å². The number of ether oxygens (including phenoxy) is 3. The summed E-state index contributed by atoms with van der Waals surface area (Å²) in [7, 11) is 1.78. The van der Waals surface area contributed by atoms with Gasteiger partial charge in [-0.05, 0) is 56.4 Å². The van der Waals surface area contributed by atoms with Gasteiger partial charge in [-0.25, -0.2) is 0 Å². The van der Waals surface area contributed by atoms with Crippen LogP contribution in [0.25, 0.3) is 0 Å². The second-order valence-electron chi connectivity index (χ2n) is 10.7. The van der Waals surface area contributed by atoms with Crippen molar-refractivity contribution < 1.29 is 28.6 Å². The maximum absolute atomic E-state index is 13.5. The molecule has 2 saturated heterocycles. The minimum Gasteiger partial charge on any atom is -0.490 e. The van der Waals surface area contributed by atoms with Gasteiger partial charge in [-0.3, -0.25) is 14.4 Å². The lowest BCUT2D eigenvalue weighted by Crippen LogP contribution is -2.54. The van der Waals surface area contributed by atoms with E-state index in [1.54, 1.807) is 30.1 Å². The summed E-state index contributed by atoms with van der Waals surface area (Å²) in [5.41, 5.74) is 2.04. The summed E-state index contributed by atoms with van der Waals surface area (Å²) in [5, 5.41) is 6.01. The summed E-state index contributed by atoms with van der Waals surface area (Å²) in [4.78, 5) is 40.6. The molecule has 3 aliphatic rings. The molecule has 2 fully saturated rings. The van der Waals surface area contributed by atoms with Crippen LogP contribution in [0.2, 0.25) is 0 Å². The number of nitrogens with one attached hydrogen (secondary N) is 2. The van der Waals surface area contributed by atoms with Crippen molar-refractivity contribution in [3.05, 3.63) is 59.7 Å². The molecule has 0 radical (unpaired) electrons. The van der Waals surface area contributed by atoms with Gasteiger partial charge in [0.1, 0.15) is 18.5 Å². The molecule has 2 aromatic rings. The van der Waals surface area contributed by atoms with Crippen molar-refractivity contribution in [2.24, 2.45) is 5.92 Å². The molecule has 0 unspecified atom stereocenters. The summed E-state index contributed by atoms with van der Waals surface area (Å²) in [5.74, 6) is 0.0615. The number of hydrogen-bond donors (Lipinski definition) is 2. The monoisotopic (exact) mass is 535 g/mol. The fourth-order valence-electron chi connectivity index (χ4n) is 5.64. The zero-order valence-corrected chi connectivity index (χ0v) is 22.6. The van der Waals surface area contributed by atoms with Crippen molar-refractivity contribution in [2.75, 3.05) is 32.2 Å². The molecule has 2 N–H and O–H groups in total. The highest BCUT2D eigenvalue weighted by Crippen LogP contribution is 2.33. The van der Waals surface area contributed by atoms with Crippen LogP contribution in [0.5, 0.6) is 5.75 Å². The van der Waals surface area contributed by atoms with Crippen LogP contribution < -0.4 is 15.4 Å². The van der Waals surface area contributed by atoms with Gasteiger partial charge in [0.05, 0.1) is 30.2 Å². The molecule has 39 heavy (non-hydrogen) atoms. The predicted molar refractivity (Wildman–Crippen MR) is 146 cm³/mol. The number of benzene rings is 2. The Balaban J connectivity index is 1.21. The topological polar surface area (TPSA) is 106 Å². The normalized spacial score (nSPS) is 24.3. The first-order chi connectivity index (χ1) is 18.9. The largest absolute Gasteiger partial charge is 0.490 e. The van der Waals surface area contributed by atoms with E-state index in [1.165, 1.54) is 0 Å². The Kier molecular flexibility index (Phi) is 8.47. The molecule has 3 amide bonds. The van der Waals surface area contributed by atoms with E-state index in [0.29, 0.717) is 55.9 Å². The lowest BCUT2D eigenvalue weighted by Gasteiger charge is -2.42. The Labute approximate surface area is 229 Å². The highest BCUT2D eigenvalue weighted by atomic mass is 16.5. The van der Waals surface area contributed by atoms with Gasteiger partial charge in [0, 0.05) is 31.9 Å². The van der Waals surface area contributed by atoms with E-state index < -0.39 is 0 Å². The molecule has 0 saturated carbocycles. The lowest BCUT2D eigenvalue weighted by molar-refractivity contribution is -0.134. The number of amides is 3. The fraction of sp³-hybridized carbons (Fsp3) is 0.500. The zero-order valence-electron chi connectivity index (χ0n) is 22.6. The summed E-state index contributed by atoms with van der Waals surface area (Å²) < 4.78 is 17.7. The van der Waals surface area contributed by atoms with E-state index in [2.05, 4.69) is 10.6 Å². The van der Waals surface area contributed by atoms with E-state index in [4.69, 9.17) is 14.2 Å². The quantitative estimate of drug-likeness (QED) is 0.584. The summed E-state index contributed by atoms with van der Waals surface area (Å²) in [6.45, 7) is 3.40. The third-order valence-electron chi connectivity index (χ3n) is 7.96. The molecule has 0 aromatic heterocycles. The van der Waals surface area contributed by atoms with Crippen LogP contribution in [0.3, 0.4) is 0 Å². The number of anilines is 1. The first-order valence-electron chi connectivity index (χ1n) is 13.8. The van der Waals surface area contributed by atoms with Crippen molar-refractivity contribution in [1.82, 2.24) is 10.2 Å². The van der Waals surface area contributed by atoms with Crippen LogP contribution in [-0.2, 0) is 19.1 Å². The Morgan fingerprint density at radius 3 is 2.59 bits per heavy atom. The molecule has 4 atom stereocenters. The van der Waals surface area contributed by atoms with Crippen molar-refractivity contribution in [3.63, 3.8) is 0 Å². The van der Waals surface area contributed by atoms with E-state index in [-0.39, 0.29) is 61.0 Å². The van der Waals surface area contributed by atoms with Gasteiger partial charge >= 0.3 is 0 Å². The Bertz CT molecular complexity index is 1180. The highest BCUT2D eigenvalue weighted by molar-refractivity contribution is 6.00. The maximum atomic E-state index is 13.5. The molecule has 208 valence electrons. The van der Waals surface area contributed by atoms with Crippen LogP contribution in [0.4, 0.5) is 5.69 Å². The first kappa shape index (κ1) is 27.1. The van der Waals surface area contributed by atoms with Crippen molar-refractivity contribution in [1.29, 1.82) is 0 Å². The van der Waals surface area contributed by atoms with Crippen LogP contribution in [0.15, 0.2) is 48.5 Å². The van der Waals surface area contributed by atoms with Gasteiger partial charge in [0.25, 0.3) is 5.91 Å². The fourth-order valence-corrected chi connectivity index (χ4v) is 5.64. The second-order valence-corrected chi connectivity index (χ2v) is 10.7. The molecule has 0 bridgehead atoms. The summed E-state index contributed by atoms with van der Waals surface area (Å²) in [6, 6.07) is 14.8. The number of likely N-dealkylation sites (N-methyl/N-ethyl adjacent to an activating group) is 1. The second kappa shape index (κ2) is 12.2. The van der Waals surface area contributed by atoms with Gasteiger partial charge in [-0.1, -0.05) is 30.3 Å². The first-order valence-corrected chi connectivity index (χ1v) is 13.8. The van der Waals surface area contributed by atoms with E-state index in [9.17, 15) is 14.4 Å². The molecule has 0 spiro atoms. The average molecular weight is 536 g/mol. The van der Waals surface area contributed by atoms with Gasteiger partial charge in [-0.15, -0.1) is 0 Å². The molecule has 3 heterocycles. The smallest absolute Gasteiger partial charge is 0.257 e. The van der Waals surface area contributed by atoms with Crippen LogP contribution in [0.1, 0.15) is 61.0 Å². The molecule has 3 aliphatic heterocycles. The van der Waals surface area contributed by atoms with Gasteiger partial charge < -0.3 is 29.7 Å². The number of rotatable bonds is 6. The number of carbonyl (C=O) groups excluding carboxylic acids is 3. The van der Waals surface area contributed by atoms with Gasteiger partial charge in [0.15, 0.2) is 0 Å². The highest BCUT2D eigenvalue weighted by Gasteiger charge is 2.39.